The number of fused-ring (bicyclic) bond motifs is 8. The summed E-state index contributed by atoms with van der Waals surface area (Å²) >= 11 is 3.32. The van der Waals surface area contributed by atoms with E-state index in [0.29, 0.717) is 0 Å². The molecule has 0 saturated heterocycles. The van der Waals surface area contributed by atoms with E-state index in [-0.39, 0.29) is 16.4 Å². The maximum absolute atomic E-state index is 11.4. The lowest BCUT2D eigenvalue weighted by Crippen LogP contribution is -2.18. The highest BCUT2D eigenvalue weighted by Gasteiger charge is 2.37. The maximum atomic E-state index is 11.4. The first-order valence-electron chi connectivity index (χ1n) is 19.7. The van der Waals surface area contributed by atoms with E-state index in [1.54, 1.807) is 6.07 Å². The zero-order valence-corrected chi connectivity index (χ0v) is 34.4. The zero-order valence-electron chi connectivity index (χ0n) is 32.8. The molecule has 2 aliphatic rings. The second kappa shape index (κ2) is 13.4. The van der Waals surface area contributed by atoms with Gasteiger partial charge in [-0.15, -0.1) is 22.7 Å². The summed E-state index contributed by atoms with van der Waals surface area (Å²) < 4.78 is 2.29. The Balaban J connectivity index is 0.966. The number of carboxylic acid groups (broad SMARTS) is 1. The summed E-state index contributed by atoms with van der Waals surface area (Å²) in [6, 6.07) is 51.2. The fourth-order valence-corrected chi connectivity index (χ4v) is 11.4. The Morgan fingerprint density at radius 1 is 0.621 bits per heavy atom. The lowest BCUT2D eigenvalue weighted by molar-refractivity contribution is -0.132. The molecule has 58 heavy (non-hydrogen) atoms. The summed E-state index contributed by atoms with van der Waals surface area (Å²) in [5.41, 5.74) is 15.0. The number of hydrogen-bond acceptors (Lipinski definition) is 5. The minimum Gasteiger partial charge on any atom is -0.477 e. The topological polar surface area (TPSA) is 64.3 Å². The van der Waals surface area contributed by atoms with Gasteiger partial charge in [0.2, 0.25) is 0 Å². The Hall–Kier alpha value is -6.26. The third-order valence-corrected chi connectivity index (χ3v) is 14.6. The second-order valence-corrected chi connectivity index (χ2v) is 18.9. The van der Waals surface area contributed by atoms with Crippen molar-refractivity contribution in [3.63, 3.8) is 0 Å². The highest BCUT2D eigenvalue weighted by atomic mass is 32.1. The van der Waals surface area contributed by atoms with Crippen LogP contribution >= 0.6 is 22.7 Å². The summed E-state index contributed by atoms with van der Waals surface area (Å²) in [7, 11) is 0. The molecule has 0 atom stereocenters. The predicted octanol–water partition coefficient (Wildman–Crippen LogP) is 14.0. The third kappa shape index (κ3) is 5.80. The van der Waals surface area contributed by atoms with Gasteiger partial charge in [0, 0.05) is 47.0 Å². The molecule has 2 aromatic heterocycles. The molecule has 0 aliphatic heterocycles. The van der Waals surface area contributed by atoms with Gasteiger partial charge >= 0.3 is 5.97 Å². The highest BCUT2D eigenvalue weighted by Crippen LogP contribution is 2.53. The van der Waals surface area contributed by atoms with Gasteiger partial charge in [-0.25, -0.2) is 4.79 Å². The van der Waals surface area contributed by atoms with Crippen LogP contribution in [0.3, 0.4) is 0 Å². The van der Waals surface area contributed by atoms with Crippen LogP contribution in [0.25, 0.3) is 48.5 Å². The van der Waals surface area contributed by atoms with Gasteiger partial charge in [-0.1, -0.05) is 100 Å². The van der Waals surface area contributed by atoms with Crippen LogP contribution in [0.5, 0.6) is 0 Å². The van der Waals surface area contributed by atoms with E-state index in [9.17, 15) is 15.2 Å². The fourth-order valence-electron chi connectivity index (χ4n) is 9.32. The molecular formula is C52H40N2O2S2. The lowest BCUT2D eigenvalue weighted by atomic mass is 9.82. The van der Waals surface area contributed by atoms with Crippen molar-refractivity contribution in [2.24, 2.45) is 0 Å². The first kappa shape index (κ1) is 36.1. The van der Waals surface area contributed by atoms with E-state index < -0.39 is 5.97 Å². The van der Waals surface area contributed by atoms with E-state index >= 15 is 0 Å². The van der Waals surface area contributed by atoms with Crippen molar-refractivity contribution >= 4 is 72.0 Å². The van der Waals surface area contributed by atoms with Crippen molar-refractivity contribution in [1.82, 2.24) is 0 Å². The summed E-state index contributed by atoms with van der Waals surface area (Å²) in [5, 5.41) is 20.7. The van der Waals surface area contributed by atoms with Crippen molar-refractivity contribution in [2.45, 2.75) is 51.4 Å². The normalized spacial score (nSPS) is 14.5. The molecule has 8 aromatic rings. The zero-order chi connectivity index (χ0) is 39.9. The number of anilines is 3. The minimum absolute atomic E-state index is 0.106. The van der Waals surface area contributed by atoms with Crippen LogP contribution in [0, 0.1) is 11.3 Å². The monoisotopic (exact) mass is 788 g/mol. The van der Waals surface area contributed by atoms with Crippen molar-refractivity contribution in [2.75, 3.05) is 4.90 Å². The molecule has 282 valence electrons. The van der Waals surface area contributed by atoms with Gasteiger partial charge in [0.05, 0.1) is 0 Å². The van der Waals surface area contributed by atoms with Crippen LogP contribution in [0.2, 0.25) is 0 Å². The van der Waals surface area contributed by atoms with Gasteiger partial charge in [0.25, 0.3) is 0 Å². The summed E-state index contributed by atoms with van der Waals surface area (Å²) in [6.07, 6.45) is 3.32. The number of hydrogen-bond donors (Lipinski definition) is 1. The maximum Gasteiger partial charge on any atom is 0.346 e. The van der Waals surface area contributed by atoms with Crippen molar-refractivity contribution in [3.05, 3.63) is 177 Å². The number of aliphatic carboxylic acids is 1. The van der Waals surface area contributed by atoms with E-state index in [1.807, 2.05) is 17.4 Å². The molecule has 6 heteroatoms. The molecule has 0 amide bonds. The lowest BCUT2D eigenvalue weighted by Gasteiger charge is -2.30. The minimum atomic E-state index is -1.21. The van der Waals surface area contributed by atoms with E-state index in [4.69, 9.17) is 0 Å². The standard InChI is InChI=1S/C52H40N2O2S2/c1-51(2)44-11-7-5-9-40(44)42-21-18-36(28-46(42)51)54(37-19-22-43-41-10-6-8-12-45(41)52(3,4)47(43)29-37)35-16-13-31(14-17-35)15-20-38-23-32-26-49-33(27-48(32)57-38)24-39(58-49)25-34(30-53)50(55)56/h5-14,16-19,21-29H,15,20H2,1-4H3,(H,55,56). The number of carboxylic acids is 1. The first-order valence-corrected chi connectivity index (χ1v) is 21.3. The second-order valence-electron chi connectivity index (χ2n) is 16.6. The molecule has 2 aliphatic carbocycles. The van der Waals surface area contributed by atoms with Gasteiger partial charge in [0.15, 0.2) is 0 Å². The quantitative estimate of drug-likeness (QED) is 0.123. The molecule has 1 N–H and O–H groups in total. The summed E-state index contributed by atoms with van der Waals surface area (Å²) in [4.78, 5) is 15.9. The van der Waals surface area contributed by atoms with Crippen LogP contribution in [0.15, 0.2) is 139 Å². The number of nitrogens with zero attached hydrogens (tertiary/aromatic N) is 2. The van der Waals surface area contributed by atoms with Gasteiger partial charge in [-0.2, -0.15) is 5.26 Å². The Morgan fingerprint density at radius 3 is 1.71 bits per heavy atom. The highest BCUT2D eigenvalue weighted by molar-refractivity contribution is 7.21. The van der Waals surface area contributed by atoms with Crippen LogP contribution in [0.1, 0.15) is 65.3 Å². The van der Waals surface area contributed by atoms with Crippen LogP contribution < -0.4 is 4.90 Å². The Bertz CT molecular complexity index is 2910. The number of aryl methyl sites for hydroxylation is 2. The first-order chi connectivity index (χ1) is 28.0. The molecule has 4 nitrogen and oxygen atoms in total. The number of thiophene rings is 2. The fraction of sp³-hybridized carbons (Fsp3) is 0.154. The molecule has 0 saturated carbocycles. The van der Waals surface area contributed by atoms with Crippen molar-refractivity contribution in [3.8, 4) is 28.3 Å². The molecule has 0 radical (unpaired) electrons. The van der Waals surface area contributed by atoms with Gasteiger partial charge < -0.3 is 10.0 Å². The van der Waals surface area contributed by atoms with Gasteiger partial charge in [-0.05, 0) is 140 Å². The number of nitriles is 1. The van der Waals surface area contributed by atoms with Crippen molar-refractivity contribution in [1.29, 1.82) is 5.26 Å². The smallest absolute Gasteiger partial charge is 0.346 e. The Labute approximate surface area is 346 Å². The van der Waals surface area contributed by atoms with E-state index in [1.165, 1.54) is 82.4 Å². The average molecular weight is 789 g/mol. The molecule has 0 spiro atoms. The molecule has 0 fully saturated rings. The molecule has 0 unspecified atom stereocenters. The summed E-state index contributed by atoms with van der Waals surface area (Å²) in [5.74, 6) is -1.21. The number of benzene rings is 6. The van der Waals surface area contributed by atoms with Crippen molar-refractivity contribution < 1.29 is 9.90 Å². The molecule has 6 aromatic carbocycles. The Morgan fingerprint density at radius 2 is 1.14 bits per heavy atom. The number of carbonyl (C=O) groups is 1. The largest absolute Gasteiger partial charge is 0.477 e. The molecule has 2 heterocycles. The molecule has 10 rings (SSSR count). The SMILES string of the molecule is CC1(C)c2ccccc2-c2ccc(N(c3ccc(CCc4cc5cc6sc(C=C(C#N)C(=O)O)cc6cc5s4)cc3)c3ccc4c(c3)C(C)(C)c3ccccc3-4)cc21. The van der Waals surface area contributed by atoms with Crippen LogP contribution in [-0.4, -0.2) is 11.1 Å². The van der Waals surface area contributed by atoms with E-state index in [0.717, 1.165) is 44.9 Å². The predicted molar refractivity (Wildman–Crippen MR) is 242 cm³/mol. The van der Waals surface area contributed by atoms with Gasteiger partial charge in [-0.3, -0.25) is 0 Å². The Kier molecular flexibility index (Phi) is 8.35. The van der Waals surface area contributed by atoms with Crippen LogP contribution in [-0.2, 0) is 28.5 Å². The summed E-state index contributed by atoms with van der Waals surface area (Å²) in [6.45, 7) is 9.39. The van der Waals surface area contributed by atoms with Gasteiger partial charge in [0.1, 0.15) is 11.6 Å². The molecular weight excluding hydrogens is 749 g/mol. The third-order valence-electron chi connectivity index (χ3n) is 12.4. The number of rotatable bonds is 8. The average Bonchev–Trinajstić information content (AvgIpc) is 3.94. The van der Waals surface area contributed by atoms with E-state index in [2.05, 4.69) is 160 Å². The molecule has 0 bridgehead atoms. The van der Waals surface area contributed by atoms with Crippen LogP contribution in [0.4, 0.5) is 17.1 Å².